The lowest BCUT2D eigenvalue weighted by atomic mass is 9.91. The maximum absolute atomic E-state index is 9.07. The van der Waals surface area contributed by atoms with Gasteiger partial charge in [-0.05, 0) is 18.1 Å². The van der Waals surface area contributed by atoms with Crippen LogP contribution in [0.2, 0.25) is 0 Å². The van der Waals surface area contributed by atoms with E-state index >= 15 is 0 Å². The number of hydrogen-bond acceptors (Lipinski definition) is 3. The lowest BCUT2D eigenvalue weighted by Gasteiger charge is -2.32. The van der Waals surface area contributed by atoms with Crippen LogP contribution in [-0.4, -0.2) is 23.9 Å². The molecular formula is C10H13NO2. The zero-order valence-electron chi connectivity index (χ0n) is 7.36. The summed E-state index contributed by atoms with van der Waals surface area (Å²) in [5.41, 5.74) is 6.37. The highest BCUT2D eigenvalue weighted by molar-refractivity contribution is 5.36. The Morgan fingerprint density at radius 1 is 1.46 bits per heavy atom. The van der Waals surface area contributed by atoms with Crippen LogP contribution in [0, 0.1) is 0 Å². The summed E-state index contributed by atoms with van der Waals surface area (Å²) in [4.78, 5) is 0. The molecule has 0 saturated heterocycles. The number of rotatable bonds is 1. The van der Waals surface area contributed by atoms with Gasteiger partial charge in [0.05, 0.1) is 12.1 Å². The highest BCUT2D eigenvalue weighted by Crippen LogP contribution is 2.27. The lowest BCUT2D eigenvalue weighted by molar-refractivity contribution is 0.118. The minimum Gasteiger partial charge on any atom is -0.491 e. The third-order valence-corrected chi connectivity index (χ3v) is 2.35. The van der Waals surface area contributed by atoms with Gasteiger partial charge >= 0.3 is 0 Å². The number of aliphatic hydroxyl groups is 1. The molecule has 1 aromatic carbocycles. The fourth-order valence-corrected chi connectivity index (χ4v) is 1.54. The monoisotopic (exact) mass is 179 g/mol. The van der Waals surface area contributed by atoms with Gasteiger partial charge in [0, 0.05) is 0 Å². The van der Waals surface area contributed by atoms with Gasteiger partial charge in [0.15, 0.2) is 0 Å². The average molecular weight is 179 g/mol. The van der Waals surface area contributed by atoms with Crippen LogP contribution in [0.1, 0.15) is 5.56 Å². The molecule has 1 heterocycles. The summed E-state index contributed by atoms with van der Waals surface area (Å²) >= 11 is 0. The molecule has 1 aromatic rings. The zero-order chi connectivity index (χ0) is 9.31. The standard InChI is InChI=1S/C10H13NO2/c11-10(6-12)5-8-3-1-2-4-9(8)13-7-10/h1-4,12H,5-7,11H2/t10-/m1/s1. The number of nitrogens with two attached hydrogens (primary N) is 1. The van der Waals surface area contributed by atoms with Crippen molar-refractivity contribution in [1.82, 2.24) is 0 Å². The highest BCUT2D eigenvalue weighted by atomic mass is 16.5. The number of ether oxygens (including phenoxy) is 1. The van der Waals surface area contributed by atoms with Crippen molar-refractivity contribution in [2.45, 2.75) is 12.0 Å². The van der Waals surface area contributed by atoms with E-state index in [-0.39, 0.29) is 6.61 Å². The molecule has 0 aliphatic carbocycles. The molecule has 13 heavy (non-hydrogen) atoms. The van der Waals surface area contributed by atoms with Gasteiger partial charge in [0.25, 0.3) is 0 Å². The van der Waals surface area contributed by atoms with Gasteiger partial charge < -0.3 is 15.6 Å². The van der Waals surface area contributed by atoms with E-state index < -0.39 is 5.54 Å². The van der Waals surface area contributed by atoms with E-state index in [1.165, 1.54) is 0 Å². The van der Waals surface area contributed by atoms with Crippen LogP contribution in [0.15, 0.2) is 24.3 Å². The van der Waals surface area contributed by atoms with Crippen LogP contribution >= 0.6 is 0 Å². The Morgan fingerprint density at radius 2 is 2.23 bits per heavy atom. The molecule has 1 aliphatic heterocycles. The number of aliphatic hydroxyl groups excluding tert-OH is 1. The number of fused-ring (bicyclic) bond motifs is 1. The summed E-state index contributed by atoms with van der Waals surface area (Å²) in [6, 6.07) is 7.78. The van der Waals surface area contributed by atoms with Gasteiger partial charge in [-0.1, -0.05) is 18.2 Å². The lowest BCUT2D eigenvalue weighted by Crippen LogP contribution is -2.53. The Labute approximate surface area is 77.1 Å². The first-order valence-corrected chi connectivity index (χ1v) is 4.34. The molecule has 0 radical (unpaired) electrons. The molecule has 0 fully saturated rings. The third kappa shape index (κ3) is 1.53. The molecule has 3 N–H and O–H groups in total. The number of hydrogen-bond donors (Lipinski definition) is 2. The van der Waals surface area contributed by atoms with Crippen molar-refractivity contribution in [3.05, 3.63) is 29.8 Å². The molecule has 0 bridgehead atoms. The molecule has 1 aliphatic rings. The molecule has 0 amide bonds. The van der Waals surface area contributed by atoms with E-state index in [1.807, 2.05) is 24.3 Å². The molecule has 0 spiro atoms. The van der Waals surface area contributed by atoms with Gasteiger partial charge in [0.1, 0.15) is 12.4 Å². The van der Waals surface area contributed by atoms with Crippen molar-refractivity contribution in [2.24, 2.45) is 5.73 Å². The normalized spacial score (nSPS) is 26.3. The SMILES string of the molecule is N[C@]1(CO)COc2ccccc2C1. The van der Waals surface area contributed by atoms with E-state index in [2.05, 4.69) is 0 Å². The molecule has 2 rings (SSSR count). The van der Waals surface area contributed by atoms with Gasteiger partial charge in [-0.15, -0.1) is 0 Å². The van der Waals surface area contributed by atoms with Crippen LogP contribution in [0.25, 0.3) is 0 Å². The summed E-state index contributed by atoms with van der Waals surface area (Å²) < 4.78 is 5.44. The predicted molar refractivity (Wildman–Crippen MR) is 49.6 cm³/mol. The van der Waals surface area contributed by atoms with Crippen molar-refractivity contribution >= 4 is 0 Å². The number of benzene rings is 1. The van der Waals surface area contributed by atoms with Crippen molar-refractivity contribution < 1.29 is 9.84 Å². The van der Waals surface area contributed by atoms with E-state index in [0.29, 0.717) is 13.0 Å². The fourth-order valence-electron chi connectivity index (χ4n) is 1.54. The van der Waals surface area contributed by atoms with Gasteiger partial charge in [-0.25, -0.2) is 0 Å². The second-order valence-electron chi connectivity index (χ2n) is 3.59. The molecule has 3 heteroatoms. The minimum atomic E-state index is -0.603. The third-order valence-electron chi connectivity index (χ3n) is 2.35. The van der Waals surface area contributed by atoms with Crippen molar-refractivity contribution in [2.75, 3.05) is 13.2 Å². The Kier molecular flexibility index (Phi) is 1.98. The molecule has 0 unspecified atom stereocenters. The molecule has 0 aromatic heterocycles. The second kappa shape index (κ2) is 3.01. The smallest absolute Gasteiger partial charge is 0.122 e. The molecule has 1 atom stereocenters. The first-order valence-electron chi connectivity index (χ1n) is 4.34. The highest BCUT2D eigenvalue weighted by Gasteiger charge is 2.30. The summed E-state index contributed by atoms with van der Waals surface area (Å²) in [6.45, 7) is 0.349. The van der Waals surface area contributed by atoms with Crippen LogP contribution in [0.4, 0.5) is 0 Å². The first kappa shape index (κ1) is 8.53. The number of para-hydroxylation sites is 1. The maximum Gasteiger partial charge on any atom is 0.122 e. The Balaban J connectivity index is 2.29. The average Bonchev–Trinajstić information content (AvgIpc) is 2.18. The maximum atomic E-state index is 9.07. The fraction of sp³-hybridized carbons (Fsp3) is 0.400. The summed E-state index contributed by atoms with van der Waals surface area (Å²) in [5.74, 6) is 0.886. The van der Waals surface area contributed by atoms with E-state index in [0.717, 1.165) is 11.3 Å². The topological polar surface area (TPSA) is 55.5 Å². The predicted octanol–water partition coefficient (Wildman–Crippen LogP) is 0.311. The van der Waals surface area contributed by atoms with E-state index in [1.54, 1.807) is 0 Å². The van der Waals surface area contributed by atoms with Crippen molar-refractivity contribution in [1.29, 1.82) is 0 Å². The first-order chi connectivity index (χ1) is 6.23. The van der Waals surface area contributed by atoms with Crippen LogP contribution in [0.3, 0.4) is 0 Å². The van der Waals surface area contributed by atoms with E-state index in [4.69, 9.17) is 15.6 Å². The zero-order valence-corrected chi connectivity index (χ0v) is 7.36. The Morgan fingerprint density at radius 3 is 3.00 bits per heavy atom. The van der Waals surface area contributed by atoms with Crippen LogP contribution in [-0.2, 0) is 6.42 Å². The summed E-state index contributed by atoms with van der Waals surface area (Å²) in [5, 5.41) is 9.07. The molecule has 70 valence electrons. The van der Waals surface area contributed by atoms with Crippen molar-refractivity contribution in [3.8, 4) is 5.75 Å². The Hall–Kier alpha value is -1.06. The molecule has 0 saturated carbocycles. The van der Waals surface area contributed by atoms with Crippen molar-refractivity contribution in [3.63, 3.8) is 0 Å². The van der Waals surface area contributed by atoms with E-state index in [9.17, 15) is 0 Å². The quantitative estimate of drug-likeness (QED) is 0.652. The van der Waals surface area contributed by atoms with Crippen LogP contribution < -0.4 is 10.5 Å². The Bertz CT molecular complexity index is 314. The summed E-state index contributed by atoms with van der Waals surface area (Å²) in [7, 11) is 0. The van der Waals surface area contributed by atoms with Gasteiger partial charge in [-0.2, -0.15) is 0 Å². The largest absolute Gasteiger partial charge is 0.491 e. The second-order valence-corrected chi connectivity index (χ2v) is 3.59. The van der Waals surface area contributed by atoms with Gasteiger partial charge in [0.2, 0.25) is 0 Å². The summed E-state index contributed by atoms with van der Waals surface area (Å²) in [6.07, 6.45) is 0.680. The molecular weight excluding hydrogens is 166 g/mol. The van der Waals surface area contributed by atoms with Crippen LogP contribution in [0.5, 0.6) is 5.75 Å². The van der Waals surface area contributed by atoms with Gasteiger partial charge in [-0.3, -0.25) is 0 Å². The minimum absolute atomic E-state index is 0.0403. The molecule has 3 nitrogen and oxygen atoms in total.